The number of ether oxygens (including phenoxy) is 2. The van der Waals surface area contributed by atoms with Gasteiger partial charge in [-0.1, -0.05) is 25.1 Å². The number of rotatable bonds is 7. The summed E-state index contributed by atoms with van der Waals surface area (Å²) in [6.07, 6.45) is 2.62. The Bertz CT molecular complexity index is 690. The lowest BCUT2D eigenvalue weighted by Crippen LogP contribution is -2.23. The van der Waals surface area contributed by atoms with Crippen LogP contribution in [-0.4, -0.2) is 25.0 Å². The highest BCUT2D eigenvalue weighted by atomic mass is 32.1. The summed E-state index contributed by atoms with van der Waals surface area (Å²) < 4.78 is 11.0. The molecular formula is C18H21N3O2S. The molecule has 0 aromatic heterocycles. The van der Waals surface area contributed by atoms with Gasteiger partial charge in [0.15, 0.2) is 16.6 Å². The van der Waals surface area contributed by atoms with Gasteiger partial charge < -0.3 is 14.8 Å². The molecule has 0 saturated heterocycles. The highest BCUT2D eigenvalue weighted by molar-refractivity contribution is 7.80. The Kier molecular flexibility index (Phi) is 7.04. The van der Waals surface area contributed by atoms with E-state index in [-0.39, 0.29) is 0 Å². The van der Waals surface area contributed by atoms with Crippen molar-refractivity contribution < 1.29 is 9.47 Å². The average Bonchev–Trinajstić information content (AvgIpc) is 2.61. The number of anilines is 1. The molecule has 2 rings (SSSR count). The molecule has 0 radical (unpaired) electrons. The molecule has 0 atom stereocenters. The maximum absolute atomic E-state index is 5.63. The van der Waals surface area contributed by atoms with E-state index in [2.05, 4.69) is 22.8 Å². The van der Waals surface area contributed by atoms with E-state index in [1.807, 2.05) is 48.5 Å². The van der Waals surface area contributed by atoms with Gasteiger partial charge in [0.25, 0.3) is 0 Å². The van der Waals surface area contributed by atoms with Crippen LogP contribution in [0.25, 0.3) is 0 Å². The third kappa shape index (κ3) is 5.55. The van der Waals surface area contributed by atoms with Crippen LogP contribution in [-0.2, 0) is 0 Å². The zero-order chi connectivity index (χ0) is 17.2. The number of hydrogen-bond acceptors (Lipinski definition) is 4. The Morgan fingerprint density at radius 2 is 1.96 bits per heavy atom. The van der Waals surface area contributed by atoms with Gasteiger partial charge in [0, 0.05) is 5.69 Å². The molecule has 0 aliphatic carbocycles. The minimum Gasteiger partial charge on any atom is -0.493 e. The standard InChI is InChI=1S/C18H21N3O2S/c1-3-11-23-16-10-9-14(12-17(16)22-2)13-19-21-18(24)20-15-7-5-4-6-8-15/h4-10,12-13H,3,11H2,1-2H3,(H2,20,21,24). The Balaban J connectivity index is 1.92. The number of methoxy groups -OCH3 is 1. The van der Waals surface area contributed by atoms with E-state index in [0.29, 0.717) is 17.5 Å². The molecule has 24 heavy (non-hydrogen) atoms. The highest BCUT2D eigenvalue weighted by Gasteiger charge is 2.04. The second-order valence-electron chi connectivity index (χ2n) is 4.95. The molecule has 0 fully saturated rings. The second-order valence-corrected chi connectivity index (χ2v) is 5.36. The van der Waals surface area contributed by atoms with E-state index in [9.17, 15) is 0 Å². The van der Waals surface area contributed by atoms with Gasteiger partial charge in [-0.2, -0.15) is 5.10 Å². The maximum atomic E-state index is 5.63. The fourth-order valence-corrected chi connectivity index (χ4v) is 2.11. The highest BCUT2D eigenvalue weighted by Crippen LogP contribution is 2.27. The monoisotopic (exact) mass is 343 g/mol. The van der Waals surface area contributed by atoms with Crippen LogP contribution in [0.15, 0.2) is 53.6 Å². The number of para-hydroxylation sites is 1. The molecule has 0 unspecified atom stereocenters. The summed E-state index contributed by atoms with van der Waals surface area (Å²) in [5.74, 6) is 1.41. The Morgan fingerprint density at radius 1 is 1.17 bits per heavy atom. The summed E-state index contributed by atoms with van der Waals surface area (Å²) in [4.78, 5) is 0. The molecule has 5 nitrogen and oxygen atoms in total. The van der Waals surface area contributed by atoms with E-state index >= 15 is 0 Å². The van der Waals surface area contributed by atoms with Crippen LogP contribution in [0, 0.1) is 0 Å². The fourth-order valence-electron chi connectivity index (χ4n) is 1.94. The summed E-state index contributed by atoms with van der Waals surface area (Å²) in [6.45, 7) is 2.72. The zero-order valence-corrected chi connectivity index (χ0v) is 14.6. The van der Waals surface area contributed by atoms with Crippen LogP contribution in [0.5, 0.6) is 11.5 Å². The van der Waals surface area contributed by atoms with Crippen LogP contribution in [0.2, 0.25) is 0 Å². The van der Waals surface area contributed by atoms with Crippen molar-refractivity contribution in [2.45, 2.75) is 13.3 Å². The molecular weight excluding hydrogens is 322 g/mol. The van der Waals surface area contributed by atoms with Crippen LogP contribution in [0.1, 0.15) is 18.9 Å². The Hall–Kier alpha value is -2.60. The van der Waals surface area contributed by atoms with Gasteiger partial charge in [0.2, 0.25) is 0 Å². The van der Waals surface area contributed by atoms with E-state index in [1.54, 1.807) is 13.3 Å². The lowest BCUT2D eigenvalue weighted by Gasteiger charge is -2.10. The molecule has 0 aliphatic heterocycles. The van der Waals surface area contributed by atoms with Crippen molar-refractivity contribution in [2.24, 2.45) is 5.10 Å². The molecule has 2 N–H and O–H groups in total. The van der Waals surface area contributed by atoms with E-state index in [1.165, 1.54) is 0 Å². The lowest BCUT2D eigenvalue weighted by molar-refractivity contribution is 0.294. The summed E-state index contributed by atoms with van der Waals surface area (Å²) in [7, 11) is 1.62. The number of nitrogens with zero attached hydrogens (tertiary/aromatic N) is 1. The summed E-state index contributed by atoms with van der Waals surface area (Å²) in [6, 6.07) is 15.3. The minimum atomic E-state index is 0.423. The van der Waals surface area contributed by atoms with Crippen molar-refractivity contribution >= 4 is 29.2 Å². The van der Waals surface area contributed by atoms with Crippen LogP contribution in [0.3, 0.4) is 0 Å². The second kappa shape index (κ2) is 9.52. The molecule has 0 saturated carbocycles. The Labute approximate surface area is 147 Å². The summed E-state index contributed by atoms with van der Waals surface area (Å²) >= 11 is 5.19. The molecule has 0 aliphatic rings. The lowest BCUT2D eigenvalue weighted by atomic mass is 10.2. The van der Waals surface area contributed by atoms with Gasteiger partial charge in [-0.3, -0.25) is 5.43 Å². The van der Waals surface area contributed by atoms with Gasteiger partial charge >= 0.3 is 0 Å². The van der Waals surface area contributed by atoms with Crippen LogP contribution < -0.4 is 20.2 Å². The van der Waals surface area contributed by atoms with E-state index in [4.69, 9.17) is 21.7 Å². The first-order chi connectivity index (χ1) is 11.7. The van der Waals surface area contributed by atoms with Gasteiger partial charge in [0.05, 0.1) is 19.9 Å². The SMILES string of the molecule is CCCOc1ccc(C=NNC(=S)Nc2ccccc2)cc1OC. The van der Waals surface area contributed by atoms with Crippen molar-refractivity contribution in [3.63, 3.8) is 0 Å². The van der Waals surface area contributed by atoms with Crippen molar-refractivity contribution in [1.82, 2.24) is 5.43 Å². The maximum Gasteiger partial charge on any atom is 0.191 e. The molecule has 6 heteroatoms. The topological polar surface area (TPSA) is 54.9 Å². The Morgan fingerprint density at radius 3 is 2.67 bits per heavy atom. The largest absolute Gasteiger partial charge is 0.493 e. The predicted molar refractivity (Wildman–Crippen MR) is 102 cm³/mol. The molecule has 0 amide bonds. The average molecular weight is 343 g/mol. The normalized spacial score (nSPS) is 10.4. The number of hydrogen-bond donors (Lipinski definition) is 2. The molecule has 2 aromatic rings. The first kappa shape index (κ1) is 17.7. The number of hydrazone groups is 1. The van der Waals surface area contributed by atoms with Crippen molar-refractivity contribution in [2.75, 3.05) is 19.0 Å². The molecule has 0 spiro atoms. The zero-order valence-electron chi connectivity index (χ0n) is 13.8. The predicted octanol–water partition coefficient (Wildman–Crippen LogP) is 3.80. The van der Waals surface area contributed by atoms with E-state index < -0.39 is 0 Å². The number of benzene rings is 2. The van der Waals surface area contributed by atoms with Crippen molar-refractivity contribution in [3.8, 4) is 11.5 Å². The summed E-state index contributed by atoms with van der Waals surface area (Å²) in [5, 5.41) is 7.60. The fraction of sp³-hybridized carbons (Fsp3) is 0.222. The first-order valence-electron chi connectivity index (χ1n) is 7.69. The summed E-state index contributed by atoms with van der Waals surface area (Å²) in [5.41, 5.74) is 4.57. The molecule has 2 aromatic carbocycles. The van der Waals surface area contributed by atoms with Gasteiger partial charge in [-0.25, -0.2) is 0 Å². The van der Waals surface area contributed by atoms with Gasteiger partial charge in [0.1, 0.15) is 0 Å². The quantitative estimate of drug-likeness (QED) is 0.455. The third-order valence-corrected chi connectivity index (χ3v) is 3.25. The van der Waals surface area contributed by atoms with E-state index in [0.717, 1.165) is 23.4 Å². The smallest absolute Gasteiger partial charge is 0.191 e. The molecule has 0 heterocycles. The number of nitrogens with one attached hydrogen (secondary N) is 2. The van der Waals surface area contributed by atoms with Crippen LogP contribution in [0.4, 0.5) is 5.69 Å². The third-order valence-electron chi connectivity index (χ3n) is 3.06. The van der Waals surface area contributed by atoms with Crippen molar-refractivity contribution in [3.05, 3.63) is 54.1 Å². The molecule has 0 bridgehead atoms. The van der Waals surface area contributed by atoms with Crippen LogP contribution >= 0.6 is 12.2 Å². The number of thiocarbonyl (C=S) groups is 1. The van der Waals surface area contributed by atoms with Crippen molar-refractivity contribution in [1.29, 1.82) is 0 Å². The minimum absolute atomic E-state index is 0.423. The van der Waals surface area contributed by atoms with Gasteiger partial charge in [-0.05, 0) is 54.5 Å². The molecule has 126 valence electrons. The first-order valence-corrected chi connectivity index (χ1v) is 8.09. The van der Waals surface area contributed by atoms with Gasteiger partial charge in [-0.15, -0.1) is 0 Å².